The molecule has 0 unspecified atom stereocenters. The maximum Gasteiger partial charge on any atom is 0.251 e. The zero-order valence-corrected chi connectivity index (χ0v) is 15.4. The molecule has 1 aliphatic heterocycles. The standard InChI is InChI=1S/C20H26N4O2/c1-23-11-13-24(14-12-23)19-15-17(8-10-21-19)20(25)22-9-7-16-3-5-18(26-2)6-4-16/h3-6,8,10,15H,7,9,11-14H2,1-2H3,(H,22,25). The Hall–Kier alpha value is -2.60. The van der Waals surface area contributed by atoms with E-state index >= 15 is 0 Å². The molecule has 0 aliphatic carbocycles. The molecule has 3 rings (SSSR count). The van der Waals surface area contributed by atoms with Crippen molar-refractivity contribution in [2.24, 2.45) is 0 Å². The second kappa shape index (κ2) is 8.67. The normalized spacial score (nSPS) is 14.9. The average Bonchev–Trinajstić information content (AvgIpc) is 2.69. The van der Waals surface area contributed by atoms with E-state index in [9.17, 15) is 4.79 Å². The number of rotatable bonds is 6. The van der Waals surface area contributed by atoms with Gasteiger partial charge < -0.3 is 19.9 Å². The van der Waals surface area contributed by atoms with Gasteiger partial charge >= 0.3 is 0 Å². The van der Waals surface area contributed by atoms with Crippen LogP contribution in [0.1, 0.15) is 15.9 Å². The summed E-state index contributed by atoms with van der Waals surface area (Å²) in [5.74, 6) is 1.66. The third-order valence-corrected chi connectivity index (χ3v) is 4.69. The molecule has 1 amide bonds. The van der Waals surface area contributed by atoms with Gasteiger partial charge in [0.15, 0.2) is 0 Å². The topological polar surface area (TPSA) is 57.7 Å². The van der Waals surface area contributed by atoms with E-state index in [1.54, 1.807) is 19.4 Å². The Morgan fingerprint density at radius 1 is 1.15 bits per heavy atom. The smallest absolute Gasteiger partial charge is 0.251 e. The lowest BCUT2D eigenvalue weighted by Crippen LogP contribution is -2.44. The molecule has 0 atom stereocenters. The number of anilines is 1. The van der Waals surface area contributed by atoms with Crippen LogP contribution < -0.4 is 15.0 Å². The van der Waals surface area contributed by atoms with Gasteiger partial charge in [-0.1, -0.05) is 12.1 Å². The van der Waals surface area contributed by atoms with Crippen molar-refractivity contribution in [1.82, 2.24) is 15.2 Å². The lowest BCUT2D eigenvalue weighted by atomic mass is 10.1. The second-order valence-corrected chi connectivity index (χ2v) is 6.55. The predicted octanol–water partition coefficient (Wildman–Crippen LogP) is 1.81. The summed E-state index contributed by atoms with van der Waals surface area (Å²) in [7, 11) is 3.78. The quantitative estimate of drug-likeness (QED) is 0.857. The van der Waals surface area contributed by atoms with Gasteiger partial charge in [0, 0.05) is 44.5 Å². The molecule has 1 aliphatic rings. The number of ether oxygens (including phenoxy) is 1. The van der Waals surface area contributed by atoms with Gasteiger partial charge in [0.1, 0.15) is 11.6 Å². The summed E-state index contributed by atoms with van der Waals surface area (Å²) in [5, 5.41) is 2.99. The molecule has 0 radical (unpaired) electrons. The van der Waals surface area contributed by atoms with Crippen LogP contribution in [-0.2, 0) is 6.42 Å². The van der Waals surface area contributed by atoms with Gasteiger partial charge in [-0.15, -0.1) is 0 Å². The molecule has 138 valence electrons. The third-order valence-electron chi connectivity index (χ3n) is 4.69. The monoisotopic (exact) mass is 354 g/mol. The van der Waals surface area contributed by atoms with Crippen molar-refractivity contribution in [2.45, 2.75) is 6.42 Å². The minimum atomic E-state index is -0.0590. The van der Waals surface area contributed by atoms with Crippen LogP contribution in [0.15, 0.2) is 42.6 Å². The number of hydrogen-bond donors (Lipinski definition) is 1. The molecule has 2 aromatic rings. The first-order valence-corrected chi connectivity index (χ1v) is 8.96. The van der Waals surface area contributed by atoms with Gasteiger partial charge in [0.25, 0.3) is 5.91 Å². The number of pyridine rings is 1. The van der Waals surface area contributed by atoms with Crippen LogP contribution in [0.2, 0.25) is 0 Å². The van der Waals surface area contributed by atoms with Crippen LogP contribution >= 0.6 is 0 Å². The highest BCUT2D eigenvalue weighted by molar-refractivity contribution is 5.94. The largest absolute Gasteiger partial charge is 0.497 e. The molecule has 0 bridgehead atoms. The molecule has 2 heterocycles. The van der Waals surface area contributed by atoms with Crippen molar-refractivity contribution in [3.05, 3.63) is 53.7 Å². The summed E-state index contributed by atoms with van der Waals surface area (Å²) >= 11 is 0. The Morgan fingerprint density at radius 3 is 2.58 bits per heavy atom. The zero-order chi connectivity index (χ0) is 18.4. The predicted molar refractivity (Wildman–Crippen MR) is 103 cm³/mol. The highest BCUT2D eigenvalue weighted by atomic mass is 16.5. The van der Waals surface area contributed by atoms with E-state index in [-0.39, 0.29) is 5.91 Å². The number of nitrogens with one attached hydrogen (secondary N) is 1. The van der Waals surface area contributed by atoms with Gasteiger partial charge in [-0.3, -0.25) is 4.79 Å². The van der Waals surface area contributed by atoms with E-state index in [1.165, 1.54) is 5.56 Å². The van der Waals surface area contributed by atoms with E-state index in [0.29, 0.717) is 12.1 Å². The van der Waals surface area contributed by atoms with Crippen LogP contribution in [0, 0.1) is 0 Å². The van der Waals surface area contributed by atoms with E-state index < -0.39 is 0 Å². The molecule has 0 saturated carbocycles. The maximum atomic E-state index is 12.4. The van der Waals surface area contributed by atoms with Crippen molar-refractivity contribution in [3.63, 3.8) is 0 Å². The fourth-order valence-electron chi connectivity index (χ4n) is 2.98. The summed E-state index contributed by atoms with van der Waals surface area (Å²) in [5.41, 5.74) is 1.82. The van der Waals surface area contributed by atoms with Gasteiger partial charge in [0.2, 0.25) is 0 Å². The van der Waals surface area contributed by atoms with Crippen molar-refractivity contribution in [2.75, 3.05) is 51.8 Å². The number of carbonyl (C=O) groups is 1. The third kappa shape index (κ3) is 4.73. The van der Waals surface area contributed by atoms with Crippen molar-refractivity contribution < 1.29 is 9.53 Å². The Morgan fingerprint density at radius 2 is 1.88 bits per heavy atom. The van der Waals surface area contributed by atoms with Gasteiger partial charge in [-0.2, -0.15) is 0 Å². The Labute approximate surface area is 154 Å². The Bertz CT molecular complexity index is 725. The van der Waals surface area contributed by atoms with Crippen LogP contribution in [0.4, 0.5) is 5.82 Å². The minimum Gasteiger partial charge on any atom is -0.497 e. The molecule has 1 aromatic heterocycles. The number of carbonyl (C=O) groups excluding carboxylic acids is 1. The van der Waals surface area contributed by atoms with Crippen molar-refractivity contribution in [3.8, 4) is 5.75 Å². The molecular formula is C20H26N4O2. The van der Waals surface area contributed by atoms with Gasteiger partial charge in [0.05, 0.1) is 7.11 Å². The number of likely N-dealkylation sites (N-methyl/N-ethyl adjacent to an activating group) is 1. The minimum absolute atomic E-state index is 0.0590. The summed E-state index contributed by atoms with van der Waals surface area (Å²) in [6.45, 7) is 4.50. The van der Waals surface area contributed by atoms with Crippen molar-refractivity contribution in [1.29, 1.82) is 0 Å². The fourth-order valence-corrected chi connectivity index (χ4v) is 2.98. The summed E-state index contributed by atoms with van der Waals surface area (Å²) in [6.07, 6.45) is 2.50. The van der Waals surface area contributed by atoms with Gasteiger partial charge in [-0.25, -0.2) is 4.98 Å². The molecule has 1 fully saturated rings. The van der Waals surface area contributed by atoms with E-state index in [1.807, 2.05) is 30.3 Å². The van der Waals surface area contributed by atoms with E-state index in [0.717, 1.165) is 44.2 Å². The molecule has 1 saturated heterocycles. The lowest BCUT2D eigenvalue weighted by Gasteiger charge is -2.33. The van der Waals surface area contributed by atoms with Crippen LogP contribution in [0.25, 0.3) is 0 Å². The highest BCUT2D eigenvalue weighted by Gasteiger charge is 2.16. The number of amides is 1. The van der Waals surface area contributed by atoms with E-state index in [4.69, 9.17) is 4.74 Å². The number of piperazine rings is 1. The summed E-state index contributed by atoms with van der Waals surface area (Å²) < 4.78 is 5.15. The highest BCUT2D eigenvalue weighted by Crippen LogP contribution is 2.15. The average molecular weight is 354 g/mol. The molecular weight excluding hydrogens is 328 g/mol. The first kappa shape index (κ1) is 18.2. The second-order valence-electron chi connectivity index (χ2n) is 6.55. The number of hydrogen-bond acceptors (Lipinski definition) is 5. The number of benzene rings is 1. The van der Waals surface area contributed by atoms with E-state index in [2.05, 4.69) is 27.1 Å². The van der Waals surface area contributed by atoms with Crippen molar-refractivity contribution >= 4 is 11.7 Å². The maximum absolute atomic E-state index is 12.4. The fraction of sp³-hybridized carbons (Fsp3) is 0.400. The molecule has 0 spiro atoms. The molecule has 6 heteroatoms. The van der Waals surface area contributed by atoms with Crippen LogP contribution in [-0.4, -0.2) is 62.7 Å². The summed E-state index contributed by atoms with van der Waals surface area (Å²) in [4.78, 5) is 21.4. The number of methoxy groups -OCH3 is 1. The van der Waals surface area contributed by atoms with Crippen LogP contribution in [0.3, 0.4) is 0 Å². The number of nitrogens with zero attached hydrogens (tertiary/aromatic N) is 3. The SMILES string of the molecule is COc1ccc(CCNC(=O)c2ccnc(N3CCN(C)CC3)c2)cc1. The Kier molecular flexibility index (Phi) is 6.07. The van der Waals surface area contributed by atoms with Crippen LogP contribution in [0.5, 0.6) is 5.75 Å². The molecule has 26 heavy (non-hydrogen) atoms. The molecule has 6 nitrogen and oxygen atoms in total. The molecule has 1 aromatic carbocycles. The first-order valence-electron chi connectivity index (χ1n) is 8.96. The van der Waals surface area contributed by atoms with Gasteiger partial charge in [-0.05, 0) is 43.3 Å². The zero-order valence-electron chi connectivity index (χ0n) is 15.4. The lowest BCUT2D eigenvalue weighted by molar-refractivity contribution is 0.0954. The molecule has 1 N–H and O–H groups in total. The summed E-state index contributed by atoms with van der Waals surface area (Å²) in [6, 6.07) is 11.5. The number of aromatic nitrogens is 1. The first-order chi connectivity index (χ1) is 12.7. The Balaban J connectivity index is 1.53.